The number of amides is 1. The fourth-order valence-electron chi connectivity index (χ4n) is 5.01. The number of ether oxygens (including phenoxy) is 1. The SMILES string of the molecule is CC(c1ccccc1)N1C(=O)C(=Cc2cn(-c3ccccc3)nc2-c2cccc(S(=O)(=O)N3CCOCC3)c2)SC1=S. The number of benzene rings is 3. The Morgan fingerprint density at radius 2 is 1.67 bits per heavy atom. The summed E-state index contributed by atoms with van der Waals surface area (Å²) in [6.07, 6.45) is 3.64. The van der Waals surface area contributed by atoms with Crippen molar-refractivity contribution in [1.29, 1.82) is 0 Å². The molecule has 3 heterocycles. The Bertz CT molecular complexity index is 1770. The number of rotatable bonds is 7. The number of aromatic nitrogens is 2. The zero-order valence-corrected chi connectivity index (χ0v) is 25.2. The highest BCUT2D eigenvalue weighted by molar-refractivity contribution is 8.26. The number of carbonyl (C=O) groups excluding carboxylic acids is 1. The summed E-state index contributed by atoms with van der Waals surface area (Å²) >= 11 is 6.89. The van der Waals surface area contributed by atoms with Crippen molar-refractivity contribution >= 4 is 50.3 Å². The first kappa shape index (κ1) is 28.5. The minimum absolute atomic E-state index is 0.177. The number of carbonyl (C=O) groups is 1. The van der Waals surface area contributed by atoms with E-state index < -0.39 is 10.0 Å². The first-order valence-corrected chi connectivity index (χ1v) is 16.1. The topological polar surface area (TPSA) is 84.7 Å². The van der Waals surface area contributed by atoms with Gasteiger partial charge in [0.25, 0.3) is 5.91 Å². The molecule has 2 fully saturated rings. The minimum atomic E-state index is -3.71. The maximum absolute atomic E-state index is 13.6. The number of hydrogen-bond acceptors (Lipinski definition) is 7. The Balaban J connectivity index is 1.40. The fourth-order valence-corrected chi connectivity index (χ4v) is 7.87. The molecule has 2 aliphatic rings. The molecule has 4 aromatic rings. The van der Waals surface area contributed by atoms with Crippen LogP contribution < -0.4 is 0 Å². The third-order valence-electron chi connectivity index (χ3n) is 7.26. The molecule has 0 saturated carbocycles. The van der Waals surface area contributed by atoms with Gasteiger partial charge in [-0.2, -0.15) is 9.40 Å². The van der Waals surface area contributed by atoms with Crippen LogP contribution in [0.2, 0.25) is 0 Å². The van der Waals surface area contributed by atoms with Crippen molar-refractivity contribution in [2.75, 3.05) is 26.3 Å². The molecule has 3 aromatic carbocycles. The normalized spacial score (nSPS) is 18.1. The summed E-state index contributed by atoms with van der Waals surface area (Å²) in [4.78, 5) is 15.9. The Kier molecular flexibility index (Phi) is 8.11. The van der Waals surface area contributed by atoms with Gasteiger partial charge in [0.1, 0.15) is 10.0 Å². The fraction of sp³-hybridized carbons (Fsp3) is 0.194. The summed E-state index contributed by atoms with van der Waals surface area (Å²) in [6.45, 7) is 3.31. The van der Waals surface area contributed by atoms with Crippen LogP contribution in [-0.2, 0) is 19.6 Å². The molecule has 1 aromatic heterocycles. The average Bonchev–Trinajstić information content (AvgIpc) is 3.58. The molecule has 11 heteroatoms. The van der Waals surface area contributed by atoms with Gasteiger partial charge >= 0.3 is 0 Å². The van der Waals surface area contributed by atoms with Crippen molar-refractivity contribution in [2.45, 2.75) is 17.9 Å². The van der Waals surface area contributed by atoms with Gasteiger partial charge < -0.3 is 4.74 Å². The number of sulfonamides is 1. The number of nitrogens with zero attached hydrogens (tertiary/aromatic N) is 4. The second kappa shape index (κ2) is 11.9. The van der Waals surface area contributed by atoms with Crippen molar-refractivity contribution < 1.29 is 17.9 Å². The van der Waals surface area contributed by atoms with Crippen molar-refractivity contribution in [3.8, 4) is 16.9 Å². The van der Waals surface area contributed by atoms with Crippen LogP contribution in [0, 0.1) is 0 Å². The highest BCUT2D eigenvalue weighted by Crippen LogP contribution is 2.39. The molecule has 1 unspecified atom stereocenters. The number of para-hydroxylation sites is 1. The molecule has 1 amide bonds. The first-order valence-electron chi connectivity index (χ1n) is 13.5. The van der Waals surface area contributed by atoms with Crippen LogP contribution in [0.15, 0.2) is 101 Å². The Hall–Kier alpha value is -3.61. The van der Waals surface area contributed by atoms with Crippen LogP contribution in [-0.4, -0.2) is 63.9 Å². The Labute approximate surface area is 254 Å². The van der Waals surface area contributed by atoms with Crippen LogP contribution in [0.5, 0.6) is 0 Å². The summed E-state index contributed by atoms with van der Waals surface area (Å²) < 4.78 is 35.8. The van der Waals surface area contributed by atoms with Gasteiger partial charge in [0, 0.05) is 30.4 Å². The molecule has 6 rings (SSSR count). The van der Waals surface area contributed by atoms with E-state index in [1.54, 1.807) is 33.9 Å². The van der Waals surface area contributed by atoms with E-state index in [2.05, 4.69) is 0 Å². The number of morpholine rings is 1. The van der Waals surface area contributed by atoms with Gasteiger partial charge in [0.15, 0.2) is 0 Å². The molecular weight excluding hydrogens is 589 g/mol. The zero-order valence-electron chi connectivity index (χ0n) is 22.8. The highest BCUT2D eigenvalue weighted by Gasteiger charge is 2.36. The molecule has 42 heavy (non-hydrogen) atoms. The smallest absolute Gasteiger partial charge is 0.266 e. The van der Waals surface area contributed by atoms with Gasteiger partial charge in [0.2, 0.25) is 10.0 Å². The molecule has 2 saturated heterocycles. The third-order valence-corrected chi connectivity index (χ3v) is 10.5. The first-order chi connectivity index (χ1) is 20.3. The molecule has 0 N–H and O–H groups in total. The molecule has 214 valence electrons. The Morgan fingerprint density at radius 1 is 0.976 bits per heavy atom. The van der Waals surface area contributed by atoms with E-state index in [1.807, 2.05) is 79.9 Å². The highest BCUT2D eigenvalue weighted by atomic mass is 32.2. The lowest BCUT2D eigenvalue weighted by Gasteiger charge is -2.26. The summed E-state index contributed by atoms with van der Waals surface area (Å²) in [5.74, 6) is -0.177. The maximum atomic E-state index is 13.6. The minimum Gasteiger partial charge on any atom is -0.379 e. The standard InChI is InChI=1S/C31H28N4O4S3/c1-22(23-9-4-2-5-10-23)35-30(36)28(41-31(35)40)20-25-21-34(26-12-6-3-7-13-26)32-29(25)24-11-8-14-27(19-24)42(37,38)33-15-17-39-18-16-33/h2-14,19-22H,15-18H2,1H3. The average molecular weight is 617 g/mol. The molecular formula is C31H28N4O4S3. The predicted molar refractivity (Wildman–Crippen MR) is 168 cm³/mol. The molecule has 0 spiro atoms. The zero-order chi connectivity index (χ0) is 29.3. The molecule has 8 nitrogen and oxygen atoms in total. The van der Waals surface area contributed by atoms with Gasteiger partial charge in [-0.1, -0.05) is 84.6 Å². The van der Waals surface area contributed by atoms with E-state index in [1.165, 1.54) is 16.1 Å². The lowest BCUT2D eigenvalue weighted by Crippen LogP contribution is -2.40. The molecule has 2 aliphatic heterocycles. The lowest BCUT2D eigenvalue weighted by molar-refractivity contribution is -0.123. The molecule has 0 radical (unpaired) electrons. The number of thiocarbonyl (C=S) groups is 1. The number of thioether (sulfide) groups is 1. The van der Waals surface area contributed by atoms with E-state index in [0.717, 1.165) is 11.3 Å². The molecule has 0 bridgehead atoms. The van der Waals surface area contributed by atoms with Gasteiger partial charge in [-0.05, 0) is 42.8 Å². The van der Waals surface area contributed by atoms with Crippen molar-refractivity contribution in [3.05, 3.63) is 107 Å². The van der Waals surface area contributed by atoms with Crippen molar-refractivity contribution in [1.82, 2.24) is 19.0 Å². The maximum Gasteiger partial charge on any atom is 0.266 e. The van der Waals surface area contributed by atoms with Crippen LogP contribution >= 0.6 is 24.0 Å². The largest absolute Gasteiger partial charge is 0.379 e. The van der Waals surface area contributed by atoms with Gasteiger partial charge in [-0.15, -0.1) is 0 Å². The van der Waals surface area contributed by atoms with E-state index in [9.17, 15) is 13.2 Å². The quantitative estimate of drug-likeness (QED) is 0.200. The molecule has 1 atom stereocenters. The second-order valence-electron chi connectivity index (χ2n) is 9.90. The van der Waals surface area contributed by atoms with E-state index >= 15 is 0 Å². The third kappa shape index (κ3) is 5.58. The second-order valence-corrected chi connectivity index (χ2v) is 13.5. The van der Waals surface area contributed by atoms with Crippen LogP contribution in [0.3, 0.4) is 0 Å². The van der Waals surface area contributed by atoms with Gasteiger partial charge in [-0.3, -0.25) is 9.69 Å². The summed E-state index contributed by atoms with van der Waals surface area (Å²) in [5, 5.41) is 4.85. The summed E-state index contributed by atoms with van der Waals surface area (Å²) in [7, 11) is -3.71. The van der Waals surface area contributed by atoms with E-state index in [-0.39, 0.29) is 16.8 Å². The summed E-state index contributed by atoms with van der Waals surface area (Å²) in [6, 6.07) is 26.0. The van der Waals surface area contributed by atoms with Crippen LogP contribution in [0.4, 0.5) is 0 Å². The van der Waals surface area contributed by atoms with E-state index in [4.69, 9.17) is 22.1 Å². The lowest BCUT2D eigenvalue weighted by atomic mass is 10.1. The summed E-state index contributed by atoms with van der Waals surface area (Å²) in [5.41, 5.74) is 3.68. The van der Waals surface area contributed by atoms with Crippen LogP contribution in [0.1, 0.15) is 24.1 Å². The van der Waals surface area contributed by atoms with Crippen molar-refractivity contribution in [3.63, 3.8) is 0 Å². The van der Waals surface area contributed by atoms with Crippen LogP contribution in [0.25, 0.3) is 23.0 Å². The van der Waals surface area contributed by atoms with E-state index in [0.29, 0.717) is 52.3 Å². The van der Waals surface area contributed by atoms with Gasteiger partial charge in [-0.25, -0.2) is 13.1 Å². The van der Waals surface area contributed by atoms with Gasteiger partial charge in [0.05, 0.1) is 34.7 Å². The Morgan fingerprint density at radius 3 is 2.38 bits per heavy atom. The monoisotopic (exact) mass is 616 g/mol. The van der Waals surface area contributed by atoms with Crippen molar-refractivity contribution in [2.24, 2.45) is 0 Å². The predicted octanol–water partition coefficient (Wildman–Crippen LogP) is 5.52. The number of hydrogen-bond donors (Lipinski definition) is 0. The molecule has 0 aliphatic carbocycles.